The van der Waals surface area contributed by atoms with Crippen LogP contribution in [-0.4, -0.2) is 63.6 Å². The summed E-state index contributed by atoms with van der Waals surface area (Å²) < 4.78 is 1.96. The number of rotatable bonds is 0. The monoisotopic (exact) mass is 216 g/mol. The molecule has 1 aliphatic heterocycles. The Balaban J connectivity index is 0.00000144. The molecular formula is C9H21ClMgN2. The summed E-state index contributed by atoms with van der Waals surface area (Å²) in [7, 11) is 2.15. The zero-order valence-corrected chi connectivity index (χ0v) is 9.44. The fraction of sp³-hybridized carbons (Fsp3) is 1.00. The van der Waals surface area contributed by atoms with Crippen LogP contribution in [0.4, 0.5) is 0 Å². The van der Waals surface area contributed by atoms with Gasteiger partial charge in [-0.2, -0.15) is 0 Å². The molecule has 76 valence electrons. The van der Waals surface area contributed by atoms with Crippen LogP contribution in [0.3, 0.4) is 0 Å². The minimum atomic E-state index is 0. The molecular weight excluding hydrogens is 196 g/mol. The van der Waals surface area contributed by atoms with Gasteiger partial charge in [0.05, 0.1) is 0 Å². The topological polar surface area (TPSA) is 6.48 Å². The highest BCUT2D eigenvalue weighted by molar-refractivity contribution is 6.14. The van der Waals surface area contributed by atoms with Crippen LogP contribution in [-0.2, 0) is 0 Å². The molecule has 4 heteroatoms. The second kappa shape index (κ2) is 4.23. The summed E-state index contributed by atoms with van der Waals surface area (Å²) in [6.45, 7) is 10.8. The van der Waals surface area contributed by atoms with Crippen LogP contribution < -0.4 is 0 Å². The lowest BCUT2D eigenvalue weighted by Gasteiger charge is -2.51. The largest absolute Gasteiger partial charge is 0.316 e. The molecule has 0 aliphatic carbocycles. The molecule has 0 bridgehead atoms. The highest BCUT2D eigenvalue weighted by Gasteiger charge is 2.42. The molecule has 0 atom stereocenters. The third kappa shape index (κ3) is 2.96. The minimum Gasteiger partial charge on any atom is -0.303 e. The summed E-state index contributed by atoms with van der Waals surface area (Å²) >= 11 is 6.27. The summed E-state index contributed by atoms with van der Waals surface area (Å²) in [5.41, 5.74) is 0.135. The Morgan fingerprint density at radius 1 is 1.00 bits per heavy atom. The second-order valence-corrected chi connectivity index (χ2v) is 5.42. The molecule has 0 amide bonds. The lowest BCUT2D eigenvalue weighted by Crippen LogP contribution is -2.64. The van der Waals surface area contributed by atoms with Crippen molar-refractivity contribution >= 4 is 34.8 Å². The smallest absolute Gasteiger partial charge is 0.303 e. The summed E-state index contributed by atoms with van der Waals surface area (Å²) in [5.74, 6) is 0. The Morgan fingerprint density at radius 3 is 1.62 bits per heavy atom. The molecule has 2 nitrogen and oxygen atoms in total. The first-order chi connectivity index (χ1) is 5.26. The first-order valence-corrected chi connectivity index (χ1v) is 4.74. The highest BCUT2D eigenvalue weighted by Crippen LogP contribution is 2.32. The van der Waals surface area contributed by atoms with Crippen molar-refractivity contribution in [3.8, 4) is 0 Å². The van der Waals surface area contributed by atoms with E-state index in [2.05, 4.69) is 39.6 Å². The van der Waals surface area contributed by atoms with E-state index in [9.17, 15) is 0 Å². The van der Waals surface area contributed by atoms with E-state index in [0.29, 0.717) is 0 Å². The van der Waals surface area contributed by atoms with E-state index in [1.807, 2.05) is 4.42 Å². The molecule has 1 aliphatic rings. The van der Waals surface area contributed by atoms with Gasteiger partial charge in [0.15, 0.2) is 0 Å². The van der Waals surface area contributed by atoms with Gasteiger partial charge in [-0.3, -0.25) is 0 Å². The van der Waals surface area contributed by atoms with E-state index in [1.165, 1.54) is 0 Å². The number of likely N-dealkylation sites (N-methyl/N-ethyl adjacent to an activating group) is 1. The molecule has 0 radical (unpaired) electrons. The minimum absolute atomic E-state index is 0. The molecule has 0 unspecified atom stereocenters. The maximum Gasteiger partial charge on any atom is 0.316 e. The van der Waals surface area contributed by atoms with Crippen molar-refractivity contribution in [3.63, 3.8) is 0 Å². The van der Waals surface area contributed by atoms with E-state index >= 15 is 0 Å². The molecule has 1 saturated heterocycles. The van der Waals surface area contributed by atoms with E-state index < -0.39 is 0 Å². The SMILES string of the molecule is CN1CC(C)(C)N(Cl)C(C)(C)C1.[MgH2]. The van der Waals surface area contributed by atoms with Crippen molar-refractivity contribution < 1.29 is 0 Å². The van der Waals surface area contributed by atoms with Gasteiger partial charge in [0.1, 0.15) is 0 Å². The Hall–Kier alpha value is 0.976. The maximum atomic E-state index is 6.27. The predicted molar refractivity (Wildman–Crippen MR) is 61.9 cm³/mol. The van der Waals surface area contributed by atoms with E-state index in [0.717, 1.165) is 13.1 Å². The molecule has 0 aromatic heterocycles. The van der Waals surface area contributed by atoms with Gasteiger partial charge in [0.25, 0.3) is 0 Å². The number of nitrogens with zero attached hydrogens (tertiary/aromatic N) is 2. The van der Waals surface area contributed by atoms with Gasteiger partial charge < -0.3 is 4.90 Å². The van der Waals surface area contributed by atoms with Crippen LogP contribution in [0.15, 0.2) is 0 Å². The molecule has 13 heavy (non-hydrogen) atoms. The van der Waals surface area contributed by atoms with E-state index in [4.69, 9.17) is 11.8 Å². The number of hydrogen-bond acceptors (Lipinski definition) is 2. The number of piperazine rings is 1. The number of hydrogen-bond donors (Lipinski definition) is 0. The molecule has 1 fully saturated rings. The molecule has 0 N–H and O–H groups in total. The molecule has 1 heterocycles. The van der Waals surface area contributed by atoms with Crippen LogP contribution in [0.25, 0.3) is 0 Å². The third-order valence-corrected chi connectivity index (χ3v) is 3.29. The van der Waals surface area contributed by atoms with Crippen molar-refractivity contribution in [2.45, 2.75) is 38.8 Å². The standard InChI is InChI=1S/C9H19ClN2.Mg.2H/c1-8(2)6-11(5)7-9(3,4)12(8)10;;;/h6-7H2,1-5H3;;;. The molecule has 0 aromatic carbocycles. The average molecular weight is 217 g/mol. The number of halogens is 1. The first-order valence-electron chi connectivity index (χ1n) is 4.40. The molecule has 0 saturated carbocycles. The Bertz CT molecular complexity index is 164. The zero-order valence-electron chi connectivity index (χ0n) is 8.69. The normalized spacial score (nSPS) is 28.2. The van der Waals surface area contributed by atoms with E-state index in [-0.39, 0.29) is 34.1 Å². The average Bonchev–Trinajstić information content (AvgIpc) is 1.80. The quantitative estimate of drug-likeness (QED) is 0.441. The van der Waals surface area contributed by atoms with Crippen LogP contribution in [0, 0.1) is 0 Å². The maximum absolute atomic E-state index is 6.27. The van der Waals surface area contributed by atoms with Crippen LogP contribution in [0.2, 0.25) is 0 Å². The zero-order chi connectivity index (χ0) is 9.57. The van der Waals surface area contributed by atoms with Crippen LogP contribution in [0.5, 0.6) is 0 Å². The van der Waals surface area contributed by atoms with Crippen LogP contribution in [0.1, 0.15) is 27.7 Å². The summed E-state index contributed by atoms with van der Waals surface area (Å²) in [5, 5.41) is 0. The fourth-order valence-electron chi connectivity index (χ4n) is 2.32. The van der Waals surface area contributed by atoms with Gasteiger partial charge in [-0.25, -0.2) is 4.42 Å². The summed E-state index contributed by atoms with van der Waals surface area (Å²) in [6.07, 6.45) is 0. The van der Waals surface area contributed by atoms with Gasteiger partial charge in [-0.15, -0.1) is 0 Å². The van der Waals surface area contributed by atoms with Crippen molar-refractivity contribution in [1.82, 2.24) is 9.32 Å². The van der Waals surface area contributed by atoms with Crippen molar-refractivity contribution in [3.05, 3.63) is 0 Å². The Kier molecular flexibility index (Phi) is 4.55. The van der Waals surface area contributed by atoms with Crippen molar-refractivity contribution in [1.29, 1.82) is 0 Å². The Labute approximate surface area is 103 Å². The summed E-state index contributed by atoms with van der Waals surface area (Å²) in [6, 6.07) is 0. The lowest BCUT2D eigenvalue weighted by molar-refractivity contribution is 0.00735. The van der Waals surface area contributed by atoms with Crippen molar-refractivity contribution in [2.75, 3.05) is 20.1 Å². The fourth-order valence-corrected chi connectivity index (χ4v) is 2.43. The van der Waals surface area contributed by atoms with Crippen LogP contribution >= 0.6 is 11.8 Å². The predicted octanol–water partition coefficient (Wildman–Crippen LogP) is 1.03. The summed E-state index contributed by atoms with van der Waals surface area (Å²) in [4.78, 5) is 2.33. The van der Waals surface area contributed by atoms with Gasteiger partial charge >= 0.3 is 23.1 Å². The molecule has 0 aromatic rings. The van der Waals surface area contributed by atoms with Gasteiger partial charge in [0, 0.05) is 24.2 Å². The van der Waals surface area contributed by atoms with Gasteiger partial charge in [-0.1, -0.05) is 0 Å². The Morgan fingerprint density at radius 2 is 1.31 bits per heavy atom. The third-order valence-electron chi connectivity index (χ3n) is 2.38. The second-order valence-electron chi connectivity index (χ2n) is 5.08. The highest BCUT2D eigenvalue weighted by atomic mass is 35.5. The first kappa shape index (κ1) is 14.0. The van der Waals surface area contributed by atoms with Gasteiger partial charge in [0.2, 0.25) is 0 Å². The molecule has 1 rings (SSSR count). The van der Waals surface area contributed by atoms with Crippen molar-refractivity contribution in [2.24, 2.45) is 0 Å². The van der Waals surface area contributed by atoms with E-state index in [1.54, 1.807) is 0 Å². The van der Waals surface area contributed by atoms with Gasteiger partial charge in [-0.05, 0) is 46.5 Å². The molecule has 0 spiro atoms. The lowest BCUT2D eigenvalue weighted by atomic mass is 9.92.